The molecule has 1 fully saturated rings. The second-order valence-electron chi connectivity index (χ2n) is 3.87. The predicted octanol–water partition coefficient (Wildman–Crippen LogP) is -1.02. The predicted molar refractivity (Wildman–Crippen MR) is 59.6 cm³/mol. The summed E-state index contributed by atoms with van der Waals surface area (Å²) in [6, 6.07) is 1.26. The Kier molecular flexibility index (Phi) is 3.28. The highest BCUT2D eigenvalue weighted by atomic mass is 35.5. The van der Waals surface area contributed by atoms with Crippen LogP contribution in [0.25, 0.3) is 0 Å². The van der Waals surface area contributed by atoms with Gasteiger partial charge in [0.25, 0.3) is 5.13 Å². The molecule has 1 saturated heterocycles. The van der Waals surface area contributed by atoms with E-state index in [1.165, 1.54) is 6.07 Å². The van der Waals surface area contributed by atoms with Crippen LogP contribution >= 0.6 is 11.6 Å². The van der Waals surface area contributed by atoms with Gasteiger partial charge >= 0.3 is 5.69 Å². The van der Waals surface area contributed by atoms with Gasteiger partial charge in [-0.15, -0.1) is 0 Å². The third-order valence-corrected chi connectivity index (χ3v) is 3.07. The smallest absolute Gasteiger partial charge is 0.351 e. The monoisotopic (exact) mass is 279 g/mol. The number of alkyl halides is 2. The van der Waals surface area contributed by atoms with Crippen LogP contribution in [0.1, 0.15) is 6.23 Å². The van der Waals surface area contributed by atoms with Gasteiger partial charge in [0.15, 0.2) is 6.23 Å². The van der Waals surface area contributed by atoms with Gasteiger partial charge in [0.05, 0.1) is 6.61 Å². The van der Waals surface area contributed by atoms with Crippen LogP contribution in [0.2, 0.25) is 0 Å². The summed E-state index contributed by atoms with van der Waals surface area (Å²) in [6.07, 6.45) is -3.43. The summed E-state index contributed by atoms with van der Waals surface area (Å²) in [5.41, 5.74) is 4.43. The molecule has 0 radical (unpaired) electrons. The number of aromatic nitrogens is 2. The van der Waals surface area contributed by atoms with Gasteiger partial charge in [0, 0.05) is 6.20 Å². The van der Waals surface area contributed by atoms with E-state index in [4.69, 9.17) is 27.2 Å². The molecule has 7 nitrogen and oxygen atoms in total. The quantitative estimate of drug-likeness (QED) is 0.598. The van der Waals surface area contributed by atoms with E-state index in [-0.39, 0.29) is 5.82 Å². The first-order valence-electron chi connectivity index (χ1n) is 5.04. The molecule has 4 atom stereocenters. The van der Waals surface area contributed by atoms with Crippen LogP contribution in [0.15, 0.2) is 17.1 Å². The number of aliphatic hydroxyl groups excluding tert-OH is 2. The van der Waals surface area contributed by atoms with Crippen LogP contribution in [0.4, 0.5) is 10.2 Å². The molecule has 1 aliphatic rings. The molecule has 0 amide bonds. The first-order valence-corrected chi connectivity index (χ1v) is 5.42. The summed E-state index contributed by atoms with van der Waals surface area (Å²) in [4.78, 5) is 14.9. The van der Waals surface area contributed by atoms with Gasteiger partial charge in [-0.25, -0.2) is 9.18 Å². The van der Waals surface area contributed by atoms with Crippen molar-refractivity contribution in [1.29, 1.82) is 0 Å². The highest BCUT2D eigenvalue weighted by Gasteiger charge is 2.57. The molecule has 0 aromatic carbocycles. The van der Waals surface area contributed by atoms with Crippen molar-refractivity contribution in [2.75, 3.05) is 12.3 Å². The maximum Gasteiger partial charge on any atom is 0.351 e. The molecule has 2 rings (SSSR count). The Hall–Kier alpha value is -1.22. The molecule has 9 heteroatoms. The maximum atomic E-state index is 14.1. The normalized spacial score (nSPS) is 35.9. The molecule has 100 valence electrons. The van der Waals surface area contributed by atoms with Gasteiger partial charge in [-0.1, -0.05) is 11.6 Å². The van der Waals surface area contributed by atoms with Crippen LogP contribution in [0.3, 0.4) is 0 Å². The number of nitrogens with two attached hydrogens (primary N) is 1. The van der Waals surface area contributed by atoms with Crippen molar-refractivity contribution in [1.82, 2.24) is 9.55 Å². The number of ether oxygens (including phenoxy) is 1. The molecule has 18 heavy (non-hydrogen) atoms. The van der Waals surface area contributed by atoms with Crippen molar-refractivity contribution in [2.45, 2.75) is 23.6 Å². The van der Waals surface area contributed by atoms with Gasteiger partial charge in [-0.2, -0.15) is 4.98 Å². The topological polar surface area (TPSA) is 111 Å². The highest BCUT2D eigenvalue weighted by molar-refractivity contribution is 6.23. The summed E-state index contributed by atoms with van der Waals surface area (Å²) in [6.45, 7) is -0.632. The van der Waals surface area contributed by atoms with Gasteiger partial charge in [-0.3, -0.25) is 4.57 Å². The summed E-state index contributed by atoms with van der Waals surface area (Å²) >= 11 is 5.53. The molecule has 1 aromatic rings. The zero-order valence-corrected chi connectivity index (χ0v) is 9.79. The minimum absolute atomic E-state index is 0.0347. The van der Waals surface area contributed by atoms with Crippen molar-refractivity contribution in [2.24, 2.45) is 0 Å². The second kappa shape index (κ2) is 4.47. The standard InChI is InChI=1S/C9H11ClFN3O4/c10-9(11)6(16)4(3-15)18-7(9)14-2-1-5(12)13-8(14)17/h1-2,4,6-7,15-16H,3H2,(H2,12,13,17). The van der Waals surface area contributed by atoms with Crippen molar-refractivity contribution >= 4 is 17.4 Å². The van der Waals surface area contributed by atoms with E-state index in [2.05, 4.69) is 4.98 Å². The van der Waals surface area contributed by atoms with Crippen molar-refractivity contribution in [3.63, 3.8) is 0 Å². The maximum absolute atomic E-state index is 14.1. The molecule has 0 aliphatic carbocycles. The van der Waals surface area contributed by atoms with E-state index in [0.717, 1.165) is 10.8 Å². The Bertz CT molecular complexity index is 509. The lowest BCUT2D eigenvalue weighted by atomic mass is 10.1. The number of hydrogen-bond donors (Lipinski definition) is 3. The third kappa shape index (κ3) is 1.97. The lowest BCUT2D eigenvalue weighted by Gasteiger charge is -2.22. The Balaban J connectivity index is 2.42. The molecule has 0 saturated carbocycles. The zero-order valence-electron chi connectivity index (χ0n) is 9.03. The first kappa shape index (κ1) is 13.2. The average molecular weight is 280 g/mol. The molecule has 1 aliphatic heterocycles. The van der Waals surface area contributed by atoms with E-state index >= 15 is 0 Å². The summed E-state index contributed by atoms with van der Waals surface area (Å²) < 4.78 is 19.9. The first-order chi connectivity index (χ1) is 8.37. The minimum Gasteiger partial charge on any atom is -0.394 e. The van der Waals surface area contributed by atoms with Gasteiger partial charge in [0.1, 0.15) is 18.0 Å². The van der Waals surface area contributed by atoms with E-state index < -0.39 is 35.9 Å². The highest BCUT2D eigenvalue weighted by Crippen LogP contribution is 2.43. The lowest BCUT2D eigenvalue weighted by Crippen LogP contribution is -2.41. The van der Waals surface area contributed by atoms with Gasteiger partial charge < -0.3 is 20.7 Å². The second-order valence-corrected chi connectivity index (χ2v) is 4.45. The van der Waals surface area contributed by atoms with Crippen LogP contribution in [0.5, 0.6) is 0 Å². The van der Waals surface area contributed by atoms with Crippen LogP contribution in [-0.2, 0) is 4.74 Å². The van der Waals surface area contributed by atoms with Crippen molar-refractivity contribution in [3.05, 3.63) is 22.7 Å². The molecule has 0 bridgehead atoms. The third-order valence-electron chi connectivity index (χ3n) is 2.66. The number of nitrogen functional groups attached to an aromatic ring is 1. The molecule has 4 unspecified atom stereocenters. The van der Waals surface area contributed by atoms with E-state index in [0.29, 0.717) is 0 Å². The number of aliphatic hydroxyl groups is 2. The fourth-order valence-electron chi connectivity index (χ4n) is 1.72. The Morgan fingerprint density at radius 1 is 1.72 bits per heavy atom. The Morgan fingerprint density at radius 2 is 2.39 bits per heavy atom. The van der Waals surface area contributed by atoms with Gasteiger partial charge in [0.2, 0.25) is 0 Å². The summed E-state index contributed by atoms with van der Waals surface area (Å²) in [5, 5.41) is 15.7. The van der Waals surface area contributed by atoms with Crippen LogP contribution in [-0.4, -0.2) is 43.7 Å². The summed E-state index contributed by atoms with van der Waals surface area (Å²) in [5.74, 6) is -0.0347. The Morgan fingerprint density at radius 3 is 2.89 bits per heavy atom. The number of rotatable bonds is 2. The number of halogens is 2. The van der Waals surface area contributed by atoms with E-state index in [1.807, 2.05) is 0 Å². The molecule has 1 aromatic heterocycles. The zero-order chi connectivity index (χ0) is 13.5. The summed E-state index contributed by atoms with van der Waals surface area (Å²) in [7, 11) is 0. The molecule has 2 heterocycles. The lowest BCUT2D eigenvalue weighted by molar-refractivity contribution is -0.0517. The van der Waals surface area contributed by atoms with Crippen LogP contribution in [0, 0.1) is 0 Å². The fourth-order valence-corrected chi connectivity index (χ4v) is 2.02. The fraction of sp³-hybridized carbons (Fsp3) is 0.556. The van der Waals surface area contributed by atoms with E-state index in [9.17, 15) is 14.3 Å². The van der Waals surface area contributed by atoms with Crippen LogP contribution < -0.4 is 11.4 Å². The number of hydrogen-bond acceptors (Lipinski definition) is 6. The van der Waals surface area contributed by atoms with Gasteiger partial charge in [-0.05, 0) is 6.07 Å². The Labute approximate surface area is 106 Å². The molecule has 0 spiro atoms. The number of anilines is 1. The van der Waals surface area contributed by atoms with Crippen molar-refractivity contribution < 1.29 is 19.3 Å². The molecule has 4 N–H and O–H groups in total. The SMILES string of the molecule is Nc1ccn(C2OC(CO)C(O)C2(F)Cl)c(=O)n1. The van der Waals surface area contributed by atoms with Crippen molar-refractivity contribution in [3.8, 4) is 0 Å². The average Bonchev–Trinajstić information content (AvgIpc) is 2.52. The molecular formula is C9H11ClFN3O4. The number of nitrogens with zero attached hydrogens (tertiary/aromatic N) is 2. The largest absolute Gasteiger partial charge is 0.394 e. The van der Waals surface area contributed by atoms with E-state index in [1.54, 1.807) is 0 Å². The minimum atomic E-state index is -2.74. The molecular weight excluding hydrogens is 269 g/mol.